The van der Waals surface area contributed by atoms with Gasteiger partial charge in [0.05, 0.1) is 6.04 Å². The van der Waals surface area contributed by atoms with E-state index in [-0.39, 0.29) is 18.2 Å². The molecule has 1 aromatic rings. The van der Waals surface area contributed by atoms with Gasteiger partial charge in [0.25, 0.3) is 0 Å². The second kappa shape index (κ2) is 7.23. The summed E-state index contributed by atoms with van der Waals surface area (Å²) in [6.07, 6.45) is 10.0. The molecule has 2 saturated heterocycles. The van der Waals surface area contributed by atoms with Crippen LogP contribution in [0.25, 0.3) is 0 Å². The third-order valence-corrected chi connectivity index (χ3v) is 5.38. The number of ether oxygens (including phenoxy) is 2. The smallest absolute Gasteiger partial charge is 0.223 e. The van der Waals surface area contributed by atoms with Gasteiger partial charge in [-0.25, -0.2) is 0 Å². The summed E-state index contributed by atoms with van der Waals surface area (Å²) in [5.41, 5.74) is 0. The number of likely N-dealkylation sites (tertiary alicyclic amines) is 1. The highest BCUT2D eigenvalue weighted by Crippen LogP contribution is 2.36. The average molecular weight is 333 g/mol. The molecule has 1 amide bonds. The molecule has 1 aromatic heterocycles. The van der Waals surface area contributed by atoms with Crippen LogP contribution < -0.4 is 0 Å². The van der Waals surface area contributed by atoms with Crippen LogP contribution in [0.3, 0.4) is 0 Å². The van der Waals surface area contributed by atoms with Crippen LogP contribution in [-0.2, 0) is 20.8 Å². The first kappa shape index (κ1) is 16.1. The summed E-state index contributed by atoms with van der Waals surface area (Å²) in [5.74, 6) is 0.940. The fraction of sp³-hybridized carbons (Fsp3) is 0.778. The van der Waals surface area contributed by atoms with Crippen LogP contribution in [-0.4, -0.2) is 58.6 Å². The summed E-state index contributed by atoms with van der Waals surface area (Å²) in [7, 11) is 0. The average Bonchev–Trinajstić information content (AvgIpc) is 3.12. The maximum Gasteiger partial charge on any atom is 0.223 e. The van der Waals surface area contributed by atoms with E-state index in [0.717, 1.165) is 38.8 Å². The number of hydrogen-bond donors (Lipinski definition) is 0. The molecule has 24 heavy (non-hydrogen) atoms. The first-order valence-electron chi connectivity index (χ1n) is 9.31. The van der Waals surface area contributed by atoms with Crippen molar-refractivity contribution >= 4 is 5.91 Å². The zero-order valence-corrected chi connectivity index (χ0v) is 14.2. The molecule has 0 aromatic carbocycles. The van der Waals surface area contributed by atoms with Gasteiger partial charge in [-0.15, -0.1) is 0 Å². The van der Waals surface area contributed by atoms with E-state index in [1.165, 1.54) is 12.8 Å². The molecule has 0 unspecified atom stereocenters. The van der Waals surface area contributed by atoms with Gasteiger partial charge in [0.15, 0.2) is 0 Å². The van der Waals surface area contributed by atoms with Gasteiger partial charge in [-0.1, -0.05) is 0 Å². The molecule has 3 fully saturated rings. The molecule has 4 rings (SSSR count). The first-order chi connectivity index (χ1) is 11.8. The van der Waals surface area contributed by atoms with Crippen LogP contribution in [0.2, 0.25) is 0 Å². The molecule has 132 valence electrons. The Hall–Kier alpha value is -1.40. The molecule has 3 heterocycles. The number of aromatic nitrogens is 2. The number of carbonyl (C=O) groups is 1. The summed E-state index contributed by atoms with van der Waals surface area (Å²) in [4.78, 5) is 14.6. The molecule has 0 N–H and O–H groups in total. The number of rotatable bonds is 7. The molecule has 1 aliphatic carbocycles. The quantitative estimate of drug-likeness (QED) is 0.715. The molecular formula is C18H27N3O3. The number of nitrogens with zero attached hydrogens (tertiary/aromatic N) is 3. The number of hydrogen-bond acceptors (Lipinski definition) is 4. The van der Waals surface area contributed by atoms with Crippen LogP contribution >= 0.6 is 0 Å². The first-order valence-corrected chi connectivity index (χ1v) is 9.31. The van der Waals surface area contributed by atoms with E-state index in [1.807, 2.05) is 16.9 Å². The van der Waals surface area contributed by atoms with Crippen molar-refractivity contribution in [1.29, 1.82) is 0 Å². The molecule has 0 bridgehead atoms. The maximum atomic E-state index is 12.6. The van der Waals surface area contributed by atoms with E-state index in [0.29, 0.717) is 25.0 Å². The van der Waals surface area contributed by atoms with E-state index in [9.17, 15) is 4.79 Å². The zero-order valence-electron chi connectivity index (χ0n) is 14.2. The summed E-state index contributed by atoms with van der Waals surface area (Å²) in [6.45, 7) is 3.03. The predicted molar refractivity (Wildman–Crippen MR) is 88.4 cm³/mol. The van der Waals surface area contributed by atoms with Gasteiger partial charge in [-0.2, -0.15) is 5.10 Å². The lowest BCUT2D eigenvalue weighted by atomic mass is 10.0. The summed E-state index contributed by atoms with van der Waals surface area (Å²) < 4.78 is 14.0. The number of carbonyl (C=O) groups excluding carboxylic acids is 1. The Labute approximate surface area is 143 Å². The Kier molecular flexibility index (Phi) is 4.85. The molecule has 3 atom stereocenters. The zero-order chi connectivity index (χ0) is 16.4. The molecule has 0 radical (unpaired) electrons. The molecule has 6 nitrogen and oxygen atoms in total. The van der Waals surface area contributed by atoms with Crippen molar-refractivity contribution in [2.75, 3.05) is 19.8 Å². The van der Waals surface area contributed by atoms with Crippen molar-refractivity contribution < 1.29 is 14.3 Å². The second-order valence-electron chi connectivity index (χ2n) is 7.27. The highest BCUT2D eigenvalue weighted by atomic mass is 16.5. The van der Waals surface area contributed by atoms with Crippen LogP contribution in [0.5, 0.6) is 0 Å². The lowest BCUT2D eigenvalue weighted by Gasteiger charge is -2.32. The summed E-state index contributed by atoms with van der Waals surface area (Å²) in [5, 5.41) is 4.20. The normalized spacial score (nSPS) is 29.7. The second-order valence-corrected chi connectivity index (χ2v) is 7.27. The van der Waals surface area contributed by atoms with E-state index < -0.39 is 0 Å². The van der Waals surface area contributed by atoms with Crippen molar-refractivity contribution in [2.24, 2.45) is 5.92 Å². The SMILES string of the molecule is O=C(CC1CC1)N1C[C@@H](OCCCn2cccn2)[C@@H]2OCCC[C@@H]21. The van der Waals surface area contributed by atoms with E-state index in [1.54, 1.807) is 6.20 Å². The molecule has 3 aliphatic rings. The van der Waals surface area contributed by atoms with Crippen LogP contribution in [0.4, 0.5) is 0 Å². The van der Waals surface area contributed by atoms with Gasteiger partial charge >= 0.3 is 0 Å². The molecule has 0 spiro atoms. The number of fused-ring (bicyclic) bond motifs is 1. The van der Waals surface area contributed by atoms with Crippen LogP contribution in [0, 0.1) is 5.92 Å². The van der Waals surface area contributed by atoms with Crippen molar-refractivity contribution in [3.05, 3.63) is 18.5 Å². The molecule has 6 heteroatoms. The van der Waals surface area contributed by atoms with Gasteiger partial charge in [0.2, 0.25) is 5.91 Å². The monoisotopic (exact) mass is 333 g/mol. The molecule has 2 aliphatic heterocycles. The summed E-state index contributed by atoms with van der Waals surface area (Å²) in [6, 6.07) is 2.16. The van der Waals surface area contributed by atoms with E-state index in [4.69, 9.17) is 9.47 Å². The lowest BCUT2D eigenvalue weighted by Crippen LogP contribution is -2.44. The predicted octanol–water partition coefficient (Wildman–Crippen LogP) is 1.85. The fourth-order valence-corrected chi connectivity index (χ4v) is 3.92. The van der Waals surface area contributed by atoms with Gasteiger partial charge in [-0.05, 0) is 44.1 Å². The topological polar surface area (TPSA) is 56.6 Å². The summed E-state index contributed by atoms with van der Waals surface area (Å²) >= 11 is 0. The van der Waals surface area contributed by atoms with Crippen LogP contribution in [0.1, 0.15) is 38.5 Å². The third-order valence-electron chi connectivity index (χ3n) is 5.38. The maximum absolute atomic E-state index is 12.6. The third kappa shape index (κ3) is 3.64. The Morgan fingerprint density at radius 2 is 2.25 bits per heavy atom. The Morgan fingerprint density at radius 3 is 3.04 bits per heavy atom. The fourth-order valence-electron chi connectivity index (χ4n) is 3.92. The highest BCUT2D eigenvalue weighted by molar-refractivity contribution is 5.77. The Morgan fingerprint density at radius 1 is 1.33 bits per heavy atom. The minimum absolute atomic E-state index is 0.0241. The van der Waals surface area contributed by atoms with Crippen molar-refractivity contribution in [3.63, 3.8) is 0 Å². The van der Waals surface area contributed by atoms with E-state index >= 15 is 0 Å². The van der Waals surface area contributed by atoms with Crippen molar-refractivity contribution in [3.8, 4) is 0 Å². The van der Waals surface area contributed by atoms with Gasteiger partial charge < -0.3 is 14.4 Å². The highest BCUT2D eigenvalue weighted by Gasteiger charge is 2.47. The van der Waals surface area contributed by atoms with Gasteiger partial charge in [0, 0.05) is 45.1 Å². The van der Waals surface area contributed by atoms with Crippen molar-refractivity contribution in [2.45, 2.75) is 63.3 Å². The van der Waals surface area contributed by atoms with Gasteiger partial charge in [-0.3, -0.25) is 9.48 Å². The van der Waals surface area contributed by atoms with Gasteiger partial charge in [0.1, 0.15) is 12.2 Å². The van der Waals surface area contributed by atoms with E-state index in [2.05, 4.69) is 10.00 Å². The Balaban J connectivity index is 1.29. The number of aryl methyl sites for hydroxylation is 1. The largest absolute Gasteiger partial charge is 0.374 e. The number of amides is 1. The van der Waals surface area contributed by atoms with Crippen LogP contribution in [0.15, 0.2) is 18.5 Å². The Bertz CT molecular complexity index is 544. The minimum Gasteiger partial charge on any atom is -0.374 e. The standard InChI is InChI=1S/C18H27N3O3/c22-17(12-14-5-6-14)21-13-16(18-15(21)4-1-10-24-18)23-11-3-9-20-8-2-7-19-20/h2,7-8,14-16,18H,1,3-6,9-13H2/t15-,16+,18+/m0/s1. The lowest BCUT2D eigenvalue weighted by molar-refractivity contribution is -0.135. The molecule has 1 saturated carbocycles. The minimum atomic E-state index is 0.0241. The molecular weight excluding hydrogens is 306 g/mol. The van der Waals surface area contributed by atoms with Crippen molar-refractivity contribution in [1.82, 2.24) is 14.7 Å².